The maximum absolute atomic E-state index is 12.3. The Morgan fingerprint density at radius 1 is 1.20 bits per heavy atom. The molecule has 30 heavy (non-hydrogen) atoms. The number of carboxylic acids is 1. The van der Waals surface area contributed by atoms with Gasteiger partial charge in [0.2, 0.25) is 0 Å². The lowest BCUT2D eigenvalue weighted by molar-refractivity contribution is -0.137. The number of alkyl halides is 2. The molecule has 9 heteroatoms. The molecule has 2 N–H and O–H groups in total. The van der Waals surface area contributed by atoms with Crippen LogP contribution in [0.15, 0.2) is 18.2 Å². The smallest absolute Gasteiger partial charge is 0.407 e. The van der Waals surface area contributed by atoms with Gasteiger partial charge in [-0.05, 0) is 39.0 Å². The van der Waals surface area contributed by atoms with Crippen LogP contribution in [0.25, 0.3) is 0 Å². The highest BCUT2D eigenvalue weighted by Gasteiger charge is 2.28. The Labute approximate surface area is 188 Å². The third kappa shape index (κ3) is 8.48. The molecule has 170 valence electrons. The van der Waals surface area contributed by atoms with Gasteiger partial charge in [0.1, 0.15) is 11.4 Å². The standard InChI is InChI=1S/C21H32Cl2N2O5/c1-14(17(13-19(26)27)24-20(28)30-21(2,3)4)16-12-15(6-7-18(16)29-5)25(10-8-22)11-9-23/h6-7,12,14,17H,8-11,13H2,1-5H3,(H,24,28)(H,26,27)/t14?,17-/m0/s1. The van der Waals surface area contributed by atoms with Crippen LogP contribution in [-0.4, -0.2) is 60.8 Å². The number of benzene rings is 1. The van der Waals surface area contributed by atoms with Crippen molar-refractivity contribution in [3.63, 3.8) is 0 Å². The van der Waals surface area contributed by atoms with Crippen LogP contribution in [0.1, 0.15) is 45.6 Å². The zero-order chi connectivity index (χ0) is 22.9. The third-order valence-electron chi connectivity index (χ3n) is 4.48. The fourth-order valence-electron chi connectivity index (χ4n) is 3.06. The van der Waals surface area contributed by atoms with Gasteiger partial charge in [0.25, 0.3) is 0 Å². The zero-order valence-corrected chi connectivity index (χ0v) is 19.7. The first kappa shape index (κ1) is 26.2. The van der Waals surface area contributed by atoms with E-state index in [1.165, 1.54) is 0 Å². The van der Waals surface area contributed by atoms with Crippen molar-refractivity contribution in [2.75, 3.05) is 36.9 Å². The van der Waals surface area contributed by atoms with Crippen LogP contribution in [0.4, 0.5) is 10.5 Å². The number of rotatable bonds is 11. The predicted octanol–water partition coefficient (Wildman–Crippen LogP) is 4.45. The van der Waals surface area contributed by atoms with Crippen LogP contribution < -0.4 is 15.0 Å². The summed E-state index contributed by atoms with van der Waals surface area (Å²) in [7, 11) is 1.55. The van der Waals surface area contributed by atoms with Crippen molar-refractivity contribution < 1.29 is 24.2 Å². The Morgan fingerprint density at radius 2 is 1.80 bits per heavy atom. The van der Waals surface area contributed by atoms with Crippen LogP contribution in [0.3, 0.4) is 0 Å². The first-order valence-corrected chi connectivity index (χ1v) is 10.8. The molecule has 0 bridgehead atoms. The molecule has 1 aromatic carbocycles. The van der Waals surface area contributed by atoms with Crippen molar-refractivity contribution in [2.45, 2.75) is 51.7 Å². The Balaban J connectivity index is 3.25. The number of ether oxygens (including phenoxy) is 2. The molecule has 0 aliphatic heterocycles. The number of carbonyl (C=O) groups is 2. The second-order valence-electron chi connectivity index (χ2n) is 7.93. The lowest BCUT2D eigenvalue weighted by Gasteiger charge is -2.29. The average molecular weight is 463 g/mol. The zero-order valence-electron chi connectivity index (χ0n) is 18.2. The molecule has 1 unspecified atom stereocenters. The van der Waals surface area contributed by atoms with Crippen LogP contribution in [0.2, 0.25) is 0 Å². The van der Waals surface area contributed by atoms with E-state index in [0.29, 0.717) is 30.6 Å². The lowest BCUT2D eigenvalue weighted by atomic mass is 9.90. The van der Waals surface area contributed by atoms with Crippen molar-refractivity contribution in [3.8, 4) is 5.75 Å². The van der Waals surface area contributed by atoms with Gasteiger partial charge in [-0.25, -0.2) is 4.79 Å². The number of carbonyl (C=O) groups excluding carboxylic acids is 1. The van der Waals surface area contributed by atoms with Crippen LogP contribution in [0.5, 0.6) is 5.75 Å². The van der Waals surface area contributed by atoms with Gasteiger partial charge in [0.05, 0.1) is 13.5 Å². The van der Waals surface area contributed by atoms with E-state index < -0.39 is 23.7 Å². The SMILES string of the molecule is COc1ccc(N(CCCl)CCCl)cc1C(C)[C@H](CC(=O)O)NC(=O)OC(C)(C)C. The van der Waals surface area contributed by atoms with E-state index in [1.807, 2.05) is 30.0 Å². The first-order valence-electron chi connectivity index (χ1n) is 9.78. The Morgan fingerprint density at radius 3 is 2.27 bits per heavy atom. The number of anilines is 1. The molecule has 0 radical (unpaired) electrons. The van der Waals surface area contributed by atoms with Gasteiger partial charge < -0.3 is 24.8 Å². The fraction of sp³-hybridized carbons (Fsp3) is 0.619. The Hall–Kier alpha value is -1.86. The monoisotopic (exact) mass is 462 g/mol. The first-order chi connectivity index (χ1) is 14.0. The predicted molar refractivity (Wildman–Crippen MR) is 120 cm³/mol. The summed E-state index contributed by atoms with van der Waals surface area (Å²) in [5, 5.41) is 12.1. The second-order valence-corrected chi connectivity index (χ2v) is 8.69. The normalized spacial score (nSPS) is 13.3. The van der Waals surface area contributed by atoms with Gasteiger partial charge in [-0.15, -0.1) is 23.2 Å². The van der Waals surface area contributed by atoms with Crippen molar-refractivity contribution in [2.24, 2.45) is 0 Å². The lowest BCUT2D eigenvalue weighted by Crippen LogP contribution is -2.43. The third-order valence-corrected chi connectivity index (χ3v) is 4.82. The van der Waals surface area contributed by atoms with E-state index in [1.54, 1.807) is 27.9 Å². The molecule has 0 saturated heterocycles. The number of aliphatic carboxylic acids is 1. The number of hydrogen-bond acceptors (Lipinski definition) is 5. The maximum Gasteiger partial charge on any atom is 0.407 e. The van der Waals surface area contributed by atoms with E-state index in [0.717, 1.165) is 11.3 Å². The maximum atomic E-state index is 12.3. The molecule has 0 fully saturated rings. The van der Waals surface area contributed by atoms with Gasteiger partial charge in [0, 0.05) is 48.1 Å². The van der Waals surface area contributed by atoms with Gasteiger partial charge >= 0.3 is 12.1 Å². The summed E-state index contributed by atoms with van der Waals surface area (Å²) in [6.07, 6.45) is -0.928. The summed E-state index contributed by atoms with van der Waals surface area (Å²) in [6, 6.07) is 4.95. The minimum absolute atomic E-state index is 0.263. The number of carboxylic acid groups (broad SMARTS) is 1. The van der Waals surface area contributed by atoms with Crippen molar-refractivity contribution in [1.29, 1.82) is 0 Å². The fourth-order valence-corrected chi connectivity index (χ4v) is 3.47. The molecule has 0 saturated carbocycles. The highest BCUT2D eigenvalue weighted by molar-refractivity contribution is 6.18. The quantitative estimate of drug-likeness (QED) is 0.472. The summed E-state index contributed by atoms with van der Waals surface area (Å²) < 4.78 is 10.8. The Bertz CT molecular complexity index is 703. The molecular weight excluding hydrogens is 431 g/mol. The molecular formula is C21H32Cl2N2O5. The molecule has 1 rings (SSSR count). The van der Waals surface area contributed by atoms with Gasteiger partial charge in [-0.1, -0.05) is 6.92 Å². The number of halogens is 2. The van der Waals surface area contributed by atoms with E-state index in [-0.39, 0.29) is 12.3 Å². The summed E-state index contributed by atoms with van der Waals surface area (Å²) in [5.41, 5.74) is 0.972. The number of nitrogens with zero attached hydrogens (tertiary/aromatic N) is 1. The van der Waals surface area contributed by atoms with Crippen molar-refractivity contribution >= 4 is 41.0 Å². The Kier molecular flexibility index (Phi) is 10.6. The van der Waals surface area contributed by atoms with Crippen molar-refractivity contribution in [3.05, 3.63) is 23.8 Å². The highest BCUT2D eigenvalue weighted by Crippen LogP contribution is 2.34. The summed E-state index contributed by atoms with van der Waals surface area (Å²) in [5.74, 6) is 0.0938. The van der Waals surface area contributed by atoms with E-state index in [9.17, 15) is 14.7 Å². The van der Waals surface area contributed by atoms with Gasteiger partial charge in [0.15, 0.2) is 0 Å². The molecule has 7 nitrogen and oxygen atoms in total. The van der Waals surface area contributed by atoms with Crippen molar-refractivity contribution in [1.82, 2.24) is 5.32 Å². The second kappa shape index (κ2) is 12.1. The van der Waals surface area contributed by atoms with E-state index in [4.69, 9.17) is 32.7 Å². The van der Waals surface area contributed by atoms with Gasteiger partial charge in [-0.2, -0.15) is 0 Å². The minimum atomic E-state index is -1.02. The molecule has 0 aromatic heterocycles. The van der Waals surface area contributed by atoms with Crippen LogP contribution in [0, 0.1) is 0 Å². The van der Waals surface area contributed by atoms with Gasteiger partial charge in [-0.3, -0.25) is 4.79 Å². The average Bonchev–Trinajstić information content (AvgIpc) is 2.64. The number of amides is 1. The molecule has 0 spiro atoms. The van der Waals surface area contributed by atoms with E-state index in [2.05, 4.69) is 5.32 Å². The summed E-state index contributed by atoms with van der Waals surface area (Å²) in [6.45, 7) is 8.32. The largest absolute Gasteiger partial charge is 0.496 e. The number of nitrogens with one attached hydrogen (secondary N) is 1. The molecule has 0 aliphatic carbocycles. The molecule has 2 atom stereocenters. The molecule has 0 aliphatic rings. The van der Waals surface area contributed by atoms with Crippen LogP contribution >= 0.6 is 23.2 Å². The van der Waals surface area contributed by atoms with E-state index >= 15 is 0 Å². The molecule has 1 aromatic rings. The number of methoxy groups -OCH3 is 1. The molecule has 0 heterocycles. The minimum Gasteiger partial charge on any atom is -0.496 e. The number of alkyl carbamates (subject to hydrolysis) is 1. The highest BCUT2D eigenvalue weighted by atomic mass is 35.5. The summed E-state index contributed by atoms with van der Waals surface area (Å²) in [4.78, 5) is 25.8. The van der Waals surface area contributed by atoms with Crippen LogP contribution in [-0.2, 0) is 9.53 Å². The molecule has 1 amide bonds. The number of hydrogen-bond donors (Lipinski definition) is 2. The summed E-state index contributed by atoms with van der Waals surface area (Å²) >= 11 is 11.8. The topological polar surface area (TPSA) is 88.1 Å².